The van der Waals surface area contributed by atoms with Gasteiger partial charge in [0.1, 0.15) is 18.3 Å². The van der Waals surface area contributed by atoms with Gasteiger partial charge in [0.2, 0.25) is 11.8 Å². The first-order chi connectivity index (χ1) is 19.1. The second-order valence-electron chi connectivity index (χ2n) is 9.75. The van der Waals surface area contributed by atoms with Gasteiger partial charge >= 0.3 is 0 Å². The minimum Gasteiger partial charge on any atom is -0.497 e. The van der Waals surface area contributed by atoms with E-state index in [9.17, 15) is 18.0 Å². The largest absolute Gasteiger partial charge is 0.497 e. The molecule has 0 heterocycles. The van der Waals surface area contributed by atoms with Gasteiger partial charge in [0.05, 0.1) is 17.7 Å². The van der Waals surface area contributed by atoms with Crippen molar-refractivity contribution in [1.82, 2.24) is 10.2 Å². The van der Waals surface area contributed by atoms with E-state index in [4.69, 9.17) is 4.74 Å². The Morgan fingerprint density at radius 2 is 1.55 bits per heavy atom. The van der Waals surface area contributed by atoms with Crippen molar-refractivity contribution in [2.45, 2.75) is 58.0 Å². The van der Waals surface area contributed by atoms with Crippen molar-refractivity contribution in [3.8, 4) is 5.75 Å². The minimum atomic E-state index is -4.14. The van der Waals surface area contributed by atoms with Crippen LogP contribution in [0.1, 0.15) is 43.4 Å². The maximum atomic E-state index is 14.1. The average molecular weight is 566 g/mol. The molecular formula is C31H39N3O5S. The van der Waals surface area contributed by atoms with Crippen LogP contribution < -0.4 is 14.4 Å². The van der Waals surface area contributed by atoms with E-state index in [0.29, 0.717) is 18.7 Å². The number of nitrogens with one attached hydrogen (secondary N) is 1. The molecule has 8 nitrogen and oxygen atoms in total. The number of methoxy groups -OCH3 is 1. The average Bonchev–Trinajstić information content (AvgIpc) is 2.95. The zero-order chi connectivity index (χ0) is 29.3. The van der Waals surface area contributed by atoms with Gasteiger partial charge in [0.25, 0.3) is 10.0 Å². The molecule has 214 valence electrons. The molecular weight excluding hydrogens is 526 g/mol. The normalized spacial score (nSPS) is 11.9. The van der Waals surface area contributed by atoms with Gasteiger partial charge in [0, 0.05) is 19.2 Å². The third-order valence-electron chi connectivity index (χ3n) is 6.64. The zero-order valence-corrected chi connectivity index (χ0v) is 24.7. The number of hydrogen-bond acceptors (Lipinski definition) is 5. The maximum Gasteiger partial charge on any atom is 0.264 e. The number of amides is 2. The molecule has 1 atom stereocenters. The molecule has 0 saturated carbocycles. The molecule has 0 saturated heterocycles. The molecule has 0 aliphatic heterocycles. The summed E-state index contributed by atoms with van der Waals surface area (Å²) in [5, 5.41) is 2.89. The fourth-order valence-corrected chi connectivity index (χ4v) is 5.71. The molecule has 0 spiro atoms. The van der Waals surface area contributed by atoms with Crippen molar-refractivity contribution in [3.05, 3.63) is 89.5 Å². The Bertz CT molecular complexity index is 1390. The first-order valence-corrected chi connectivity index (χ1v) is 14.9. The molecule has 0 aliphatic rings. The summed E-state index contributed by atoms with van der Waals surface area (Å²) in [5.41, 5.74) is 3.11. The van der Waals surface area contributed by atoms with E-state index >= 15 is 0 Å². The molecule has 3 rings (SSSR count). The molecule has 0 radical (unpaired) electrons. The smallest absolute Gasteiger partial charge is 0.264 e. The van der Waals surface area contributed by atoms with Crippen LogP contribution in [0.4, 0.5) is 5.69 Å². The van der Waals surface area contributed by atoms with Crippen LogP contribution in [0.5, 0.6) is 5.75 Å². The number of anilines is 1. The quantitative estimate of drug-likeness (QED) is 0.320. The van der Waals surface area contributed by atoms with Crippen LogP contribution in [-0.2, 0) is 26.2 Å². The number of carbonyl (C=O) groups is 2. The molecule has 0 aliphatic carbocycles. The van der Waals surface area contributed by atoms with Gasteiger partial charge < -0.3 is 15.0 Å². The van der Waals surface area contributed by atoms with Gasteiger partial charge in [-0.25, -0.2) is 8.42 Å². The van der Waals surface area contributed by atoms with Crippen molar-refractivity contribution >= 4 is 27.5 Å². The first-order valence-electron chi connectivity index (χ1n) is 13.5. The molecule has 9 heteroatoms. The van der Waals surface area contributed by atoms with Crippen molar-refractivity contribution in [2.75, 3.05) is 24.5 Å². The second-order valence-corrected chi connectivity index (χ2v) is 11.6. The summed E-state index contributed by atoms with van der Waals surface area (Å²) in [6, 6.07) is 20.0. The number of aryl methyl sites for hydroxylation is 2. The van der Waals surface area contributed by atoms with Crippen LogP contribution in [0.3, 0.4) is 0 Å². The number of nitrogens with zero attached hydrogens (tertiary/aromatic N) is 2. The number of benzene rings is 3. The Balaban J connectivity index is 2.06. The fraction of sp³-hybridized carbons (Fsp3) is 0.355. The third kappa shape index (κ3) is 7.63. The van der Waals surface area contributed by atoms with E-state index in [1.165, 1.54) is 24.1 Å². The van der Waals surface area contributed by atoms with Crippen LogP contribution in [0.2, 0.25) is 0 Å². The molecule has 1 N–H and O–H groups in total. The number of hydrogen-bond donors (Lipinski definition) is 1. The highest BCUT2D eigenvalue weighted by Gasteiger charge is 2.33. The van der Waals surface area contributed by atoms with Crippen molar-refractivity contribution in [1.29, 1.82) is 0 Å². The van der Waals surface area contributed by atoms with Crippen molar-refractivity contribution in [3.63, 3.8) is 0 Å². The van der Waals surface area contributed by atoms with Crippen molar-refractivity contribution < 1.29 is 22.7 Å². The molecule has 3 aromatic rings. The molecule has 1 unspecified atom stereocenters. The fourth-order valence-electron chi connectivity index (χ4n) is 4.31. The van der Waals surface area contributed by atoms with Gasteiger partial charge in [-0.05, 0) is 56.5 Å². The lowest BCUT2D eigenvalue weighted by Gasteiger charge is -2.33. The standard InChI is InChI=1S/C31H39N3O5S/c1-6-19-32-31(36)29(7-2)33(21-25-15-11-23(3)12-16-25)30(35)22-34(26-9-8-10-27(20-26)39-5)40(37,38)28-17-13-24(4)14-18-28/h8-18,20,29H,6-7,19,21-22H2,1-5H3,(H,32,36). The van der Waals surface area contributed by atoms with Gasteiger partial charge in [-0.3, -0.25) is 13.9 Å². The predicted molar refractivity (Wildman–Crippen MR) is 158 cm³/mol. The highest BCUT2D eigenvalue weighted by molar-refractivity contribution is 7.92. The lowest BCUT2D eigenvalue weighted by molar-refractivity contribution is -0.140. The lowest BCUT2D eigenvalue weighted by atomic mass is 10.1. The summed E-state index contributed by atoms with van der Waals surface area (Å²) in [7, 11) is -2.65. The van der Waals surface area contributed by atoms with Crippen molar-refractivity contribution in [2.24, 2.45) is 0 Å². The van der Waals surface area contributed by atoms with E-state index in [1.807, 2.05) is 52.0 Å². The Morgan fingerprint density at radius 1 is 0.925 bits per heavy atom. The van der Waals surface area contributed by atoms with Gasteiger partial charge in [-0.15, -0.1) is 0 Å². The molecule has 0 bridgehead atoms. The lowest BCUT2D eigenvalue weighted by Crippen LogP contribution is -2.52. The van der Waals surface area contributed by atoms with Crippen LogP contribution in [0.25, 0.3) is 0 Å². The maximum absolute atomic E-state index is 14.1. The summed E-state index contributed by atoms with van der Waals surface area (Å²) in [4.78, 5) is 28.8. The third-order valence-corrected chi connectivity index (χ3v) is 8.43. The molecule has 3 aromatic carbocycles. The molecule has 2 amide bonds. The van der Waals surface area contributed by atoms with E-state index in [-0.39, 0.29) is 23.0 Å². The summed E-state index contributed by atoms with van der Waals surface area (Å²) >= 11 is 0. The first kappa shape index (κ1) is 30.7. The van der Waals surface area contributed by atoms with Crippen LogP contribution >= 0.6 is 0 Å². The number of carbonyl (C=O) groups excluding carboxylic acids is 2. The predicted octanol–water partition coefficient (Wildman–Crippen LogP) is 4.84. The number of ether oxygens (including phenoxy) is 1. The zero-order valence-electron chi connectivity index (χ0n) is 23.9. The van der Waals surface area contributed by atoms with Gasteiger partial charge in [-0.2, -0.15) is 0 Å². The minimum absolute atomic E-state index is 0.0616. The van der Waals surface area contributed by atoms with Crippen LogP contribution in [-0.4, -0.2) is 51.4 Å². The molecule has 0 fully saturated rings. The van der Waals surface area contributed by atoms with E-state index < -0.39 is 28.5 Å². The summed E-state index contributed by atoms with van der Waals surface area (Å²) < 4.78 is 34.3. The number of rotatable bonds is 13. The SMILES string of the molecule is CCCNC(=O)C(CC)N(Cc1ccc(C)cc1)C(=O)CN(c1cccc(OC)c1)S(=O)(=O)c1ccc(C)cc1. The van der Waals surface area contributed by atoms with E-state index in [2.05, 4.69) is 5.32 Å². The Kier molecular flexibility index (Phi) is 10.7. The summed E-state index contributed by atoms with van der Waals surface area (Å²) in [6.45, 7) is 7.80. The van der Waals surface area contributed by atoms with Crippen LogP contribution in [0.15, 0.2) is 77.7 Å². The topological polar surface area (TPSA) is 96.0 Å². The van der Waals surface area contributed by atoms with Crippen LogP contribution in [0, 0.1) is 13.8 Å². The Labute approximate surface area is 238 Å². The highest BCUT2D eigenvalue weighted by Crippen LogP contribution is 2.28. The van der Waals surface area contributed by atoms with E-state index in [1.54, 1.807) is 36.4 Å². The Hall–Kier alpha value is -3.85. The van der Waals surface area contributed by atoms with Gasteiger partial charge in [-0.1, -0.05) is 67.4 Å². The molecule has 0 aromatic heterocycles. The molecule has 40 heavy (non-hydrogen) atoms. The van der Waals surface area contributed by atoms with Gasteiger partial charge in [0.15, 0.2) is 0 Å². The summed E-state index contributed by atoms with van der Waals surface area (Å²) in [5.74, 6) is -0.298. The highest BCUT2D eigenvalue weighted by atomic mass is 32.2. The number of sulfonamides is 1. The Morgan fingerprint density at radius 3 is 2.12 bits per heavy atom. The summed E-state index contributed by atoms with van der Waals surface area (Å²) in [6.07, 6.45) is 1.13. The van der Waals surface area contributed by atoms with E-state index in [0.717, 1.165) is 27.4 Å². The second kappa shape index (κ2) is 14.0. The monoisotopic (exact) mass is 565 g/mol.